The lowest BCUT2D eigenvalue weighted by Crippen LogP contribution is -2.17. The average Bonchev–Trinajstić information content (AvgIpc) is 2.29. The van der Waals surface area contributed by atoms with Crippen LogP contribution in [0, 0.1) is 12.3 Å². The van der Waals surface area contributed by atoms with Crippen LogP contribution in [-0.2, 0) is 0 Å². The summed E-state index contributed by atoms with van der Waals surface area (Å²) in [5.41, 5.74) is 1.07. The third-order valence-corrected chi connectivity index (χ3v) is 2.34. The predicted molar refractivity (Wildman–Crippen MR) is 64.6 cm³/mol. The molecule has 2 N–H and O–H groups in total. The molecular weight excluding hydrogens is 202 g/mol. The average molecular weight is 217 g/mol. The highest BCUT2D eigenvalue weighted by atomic mass is 16.4. The van der Waals surface area contributed by atoms with E-state index in [0.717, 1.165) is 12.1 Å². The zero-order chi connectivity index (χ0) is 12.0. The Hall–Kier alpha value is -1.95. The molecule has 0 aromatic heterocycles. The Morgan fingerprint density at radius 2 is 2.38 bits per heavy atom. The van der Waals surface area contributed by atoms with Gasteiger partial charge in [0.15, 0.2) is 0 Å². The van der Waals surface area contributed by atoms with Crippen molar-refractivity contribution in [2.75, 3.05) is 5.32 Å². The summed E-state index contributed by atoms with van der Waals surface area (Å²) in [7, 11) is 0. The van der Waals surface area contributed by atoms with Gasteiger partial charge in [0.1, 0.15) is 0 Å². The van der Waals surface area contributed by atoms with Crippen LogP contribution >= 0.6 is 0 Å². The second-order valence-electron chi connectivity index (χ2n) is 3.54. The van der Waals surface area contributed by atoms with Gasteiger partial charge in [0.2, 0.25) is 0 Å². The zero-order valence-corrected chi connectivity index (χ0v) is 9.23. The van der Waals surface area contributed by atoms with Gasteiger partial charge < -0.3 is 10.4 Å². The van der Waals surface area contributed by atoms with Crippen molar-refractivity contribution in [1.82, 2.24) is 0 Å². The van der Waals surface area contributed by atoms with Crippen molar-refractivity contribution in [2.45, 2.75) is 25.8 Å². The lowest BCUT2D eigenvalue weighted by atomic mass is 10.1. The largest absolute Gasteiger partial charge is 0.478 e. The summed E-state index contributed by atoms with van der Waals surface area (Å²) in [6.45, 7) is 2.04. The van der Waals surface area contributed by atoms with Gasteiger partial charge in [-0.2, -0.15) is 0 Å². The fraction of sp³-hybridized carbons (Fsp3) is 0.308. The van der Waals surface area contributed by atoms with Crippen molar-refractivity contribution < 1.29 is 9.90 Å². The molecule has 3 heteroatoms. The number of hydrogen-bond acceptors (Lipinski definition) is 2. The summed E-state index contributed by atoms with van der Waals surface area (Å²) in [5.74, 6) is 1.67. The van der Waals surface area contributed by atoms with Crippen LogP contribution in [0.1, 0.15) is 30.1 Å². The van der Waals surface area contributed by atoms with Crippen molar-refractivity contribution in [3.8, 4) is 12.3 Å². The molecule has 1 rings (SSSR count). The van der Waals surface area contributed by atoms with E-state index in [4.69, 9.17) is 11.5 Å². The fourth-order valence-electron chi connectivity index (χ4n) is 1.42. The summed E-state index contributed by atoms with van der Waals surface area (Å²) >= 11 is 0. The van der Waals surface area contributed by atoms with Crippen molar-refractivity contribution >= 4 is 11.7 Å². The maximum atomic E-state index is 10.8. The van der Waals surface area contributed by atoms with E-state index in [0.29, 0.717) is 6.42 Å². The Morgan fingerprint density at radius 1 is 1.62 bits per heavy atom. The summed E-state index contributed by atoms with van der Waals surface area (Å²) in [5, 5.41) is 12.1. The number of carboxylic acid groups (broad SMARTS) is 1. The van der Waals surface area contributed by atoms with Gasteiger partial charge in [-0.05, 0) is 24.6 Å². The van der Waals surface area contributed by atoms with Gasteiger partial charge in [0, 0.05) is 18.2 Å². The molecule has 0 fully saturated rings. The fourth-order valence-corrected chi connectivity index (χ4v) is 1.42. The van der Waals surface area contributed by atoms with E-state index in [1.165, 1.54) is 0 Å². The summed E-state index contributed by atoms with van der Waals surface area (Å²) in [4.78, 5) is 10.8. The number of benzene rings is 1. The Labute approximate surface area is 95.5 Å². The molecule has 1 aromatic rings. The second kappa shape index (κ2) is 5.82. The Bertz CT molecular complexity index is 407. The minimum absolute atomic E-state index is 0.189. The lowest BCUT2D eigenvalue weighted by Gasteiger charge is -2.15. The molecule has 1 aromatic carbocycles. The van der Waals surface area contributed by atoms with E-state index in [1.807, 2.05) is 13.0 Å². The first-order chi connectivity index (χ1) is 7.67. The third kappa shape index (κ3) is 3.32. The molecule has 0 aliphatic rings. The van der Waals surface area contributed by atoms with Crippen molar-refractivity contribution in [2.24, 2.45) is 0 Å². The number of hydrogen-bond donors (Lipinski definition) is 2. The van der Waals surface area contributed by atoms with Crippen LogP contribution in [0.4, 0.5) is 5.69 Å². The molecular formula is C13H15NO2. The van der Waals surface area contributed by atoms with Crippen molar-refractivity contribution in [3.63, 3.8) is 0 Å². The van der Waals surface area contributed by atoms with Crippen LogP contribution in [0.5, 0.6) is 0 Å². The highest BCUT2D eigenvalue weighted by Crippen LogP contribution is 2.14. The minimum Gasteiger partial charge on any atom is -0.478 e. The molecule has 0 spiro atoms. The minimum atomic E-state index is -0.923. The van der Waals surface area contributed by atoms with Gasteiger partial charge in [-0.1, -0.05) is 13.0 Å². The normalized spacial score (nSPS) is 11.5. The van der Waals surface area contributed by atoms with Crippen molar-refractivity contribution in [1.29, 1.82) is 0 Å². The second-order valence-corrected chi connectivity index (χ2v) is 3.54. The Balaban J connectivity index is 2.77. The number of terminal acetylenes is 1. The maximum absolute atomic E-state index is 10.8. The Morgan fingerprint density at radius 3 is 2.94 bits per heavy atom. The van der Waals surface area contributed by atoms with Gasteiger partial charge in [-0.15, -0.1) is 12.3 Å². The van der Waals surface area contributed by atoms with Crippen LogP contribution in [0.15, 0.2) is 24.3 Å². The number of carbonyl (C=O) groups is 1. The maximum Gasteiger partial charge on any atom is 0.335 e. The first kappa shape index (κ1) is 12.1. The topological polar surface area (TPSA) is 49.3 Å². The van der Waals surface area contributed by atoms with E-state index in [1.54, 1.807) is 18.2 Å². The quantitative estimate of drug-likeness (QED) is 0.745. The highest BCUT2D eigenvalue weighted by molar-refractivity contribution is 5.88. The molecule has 0 heterocycles. The van der Waals surface area contributed by atoms with Gasteiger partial charge in [-0.25, -0.2) is 4.79 Å². The number of anilines is 1. The standard InChI is InChI=1S/C13H15NO2/c1-3-6-11(4-2)14-12-8-5-7-10(9-12)13(15)16/h1,5,7-9,11,14H,4,6H2,2H3,(H,15,16). The first-order valence-electron chi connectivity index (χ1n) is 5.20. The number of aromatic carboxylic acids is 1. The van der Waals surface area contributed by atoms with E-state index in [-0.39, 0.29) is 11.6 Å². The van der Waals surface area contributed by atoms with E-state index < -0.39 is 5.97 Å². The molecule has 84 valence electrons. The molecule has 0 aliphatic heterocycles. The number of rotatable bonds is 5. The predicted octanol–water partition coefficient (Wildman–Crippen LogP) is 2.60. The van der Waals surface area contributed by atoms with Crippen LogP contribution in [0.2, 0.25) is 0 Å². The molecule has 0 bridgehead atoms. The molecule has 0 radical (unpaired) electrons. The molecule has 16 heavy (non-hydrogen) atoms. The van der Waals surface area contributed by atoms with Crippen LogP contribution in [0.3, 0.4) is 0 Å². The molecule has 3 nitrogen and oxygen atoms in total. The van der Waals surface area contributed by atoms with Gasteiger partial charge in [-0.3, -0.25) is 0 Å². The summed E-state index contributed by atoms with van der Waals surface area (Å²) in [6.07, 6.45) is 6.79. The van der Waals surface area contributed by atoms with E-state index >= 15 is 0 Å². The van der Waals surface area contributed by atoms with Crippen molar-refractivity contribution in [3.05, 3.63) is 29.8 Å². The molecule has 0 saturated carbocycles. The van der Waals surface area contributed by atoms with Crippen LogP contribution in [0.25, 0.3) is 0 Å². The smallest absolute Gasteiger partial charge is 0.335 e. The Kier molecular flexibility index (Phi) is 4.41. The van der Waals surface area contributed by atoms with Gasteiger partial charge in [0.05, 0.1) is 5.56 Å². The van der Waals surface area contributed by atoms with Crippen LogP contribution in [-0.4, -0.2) is 17.1 Å². The number of carboxylic acids is 1. The van der Waals surface area contributed by atoms with E-state index in [9.17, 15) is 4.79 Å². The molecule has 0 aliphatic carbocycles. The SMILES string of the molecule is C#CCC(CC)Nc1cccc(C(=O)O)c1. The molecule has 1 unspecified atom stereocenters. The first-order valence-corrected chi connectivity index (χ1v) is 5.20. The van der Waals surface area contributed by atoms with Gasteiger partial charge >= 0.3 is 5.97 Å². The van der Waals surface area contributed by atoms with E-state index in [2.05, 4.69) is 11.2 Å². The lowest BCUT2D eigenvalue weighted by molar-refractivity contribution is 0.0697. The highest BCUT2D eigenvalue weighted by Gasteiger charge is 2.06. The molecule has 0 amide bonds. The zero-order valence-electron chi connectivity index (χ0n) is 9.23. The monoisotopic (exact) mass is 217 g/mol. The summed E-state index contributed by atoms with van der Waals surface area (Å²) in [6, 6.07) is 6.92. The molecule has 1 atom stereocenters. The third-order valence-electron chi connectivity index (χ3n) is 2.34. The summed E-state index contributed by atoms with van der Waals surface area (Å²) < 4.78 is 0. The number of nitrogens with one attached hydrogen (secondary N) is 1. The van der Waals surface area contributed by atoms with Gasteiger partial charge in [0.25, 0.3) is 0 Å². The van der Waals surface area contributed by atoms with Crippen LogP contribution < -0.4 is 5.32 Å². The molecule has 0 saturated heterocycles.